The van der Waals surface area contributed by atoms with Crippen LogP contribution >= 0.6 is 0 Å². The van der Waals surface area contributed by atoms with Crippen LogP contribution in [0.2, 0.25) is 0 Å². The minimum absolute atomic E-state index is 0.0329. The van der Waals surface area contributed by atoms with E-state index in [4.69, 9.17) is 11.5 Å². The van der Waals surface area contributed by atoms with Crippen molar-refractivity contribution in [3.8, 4) is 0 Å². The van der Waals surface area contributed by atoms with Crippen LogP contribution in [0.5, 0.6) is 0 Å². The molecule has 0 aliphatic rings. The molecule has 5 N–H and O–H groups in total. The predicted octanol–water partition coefficient (Wildman–Crippen LogP) is -1.89. The predicted molar refractivity (Wildman–Crippen MR) is 57.9 cm³/mol. The molecule has 0 saturated carbocycles. The van der Waals surface area contributed by atoms with Crippen LogP contribution in [0.4, 0.5) is 0 Å². The lowest BCUT2D eigenvalue weighted by Crippen LogP contribution is -2.46. The standard InChI is InChI=1S/C9H20N4O2/c1-6(9(15)12-2)4-13(3)5-7(10)8(11)14/h6-7H,4-5,10H2,1-3H3,(H2,11,14)(H,12,15). The normalized spacial score (nSPS) is 14.7. The van der Waals surface area contributed by atoms with Gasteiger partial charge in [-0.3, -0.25) is 9.59 Å². The van der Waals surface area contributed by atoms with Gasteiger partial charge >= 0.3 is 0 Å². The zero-order valence-corrected chi connectivity index (χ0v) is 9.49. The summed E-state index contributed by atoms with van der Waals surface area (Å²) < 4.78 is 0. The largest absolute Gasteiger partial charge is 0.368 e. The molecular formula is C9H20N4O2. The Morgan fingerprint density at radius 2 is 1.93 bits per heavy atom. The van der Waals surface area contributed by atoms with Gasteiger partial charge in [0.15, 0.2) is 0 Å². The van der Waals surface area contributed by atoms with Crippen molar-refractivity contribution in [2.45, 2.75) is 13.0 Å². The Morgan fingerprint density at radius 1 is 1.40 bits per heavy atom. The molecule has 0 saturated heterocycles. The molecular weight excluding hydrogens is 196 g/mol. The van der Waals surface area contributed by atoms with Gasteiger partial charge in [-0.15, -0.1) is 0 Å². The lowest BCUT2D eigenvalue weighted by Gasteiger charge is -2.22. The summed E-state index contributed by atoms with van der Waals surface area (Å²) >= 11 is 0. The quantitative estimate of drug-likeness (QED) is 0.483. The van der Waals surface area contributed by atoms with Crippen molar-refractivity contribution < 1.29 is 9.59 Å². The molecule has 0 aromatic carbocycles. The number of nitrogens with zero attached hydrogens (tertiary/aromatic N) is 1. The number of likely N-dealkylation sites (N-methyl/N-ethyl adjacent to an activating group) is 1. The number of nitrogens with two attached hydrogens (primary N) is 2. The zero-order valence-electron chi connectivity index (χ0n) is 9.49. The molecule has 0 bridgehead atoms. The molecule has 0 spiro atoms. The number of hydrogen-bond acceptors (Lipinski definition) is 4. The maximum absolute atomic E-state index is 11.2. The summed E-state index contributed by atoms with van der Waals surface area (Å²) in [4.78, 5) is 23.7. The Hall–Kier alpha value is -1.14. The van der Waals surface area contributed by atoms with Gasteiger partial charge in [-0.2, -0.15) is 0 Å². The maximum atomic E-state index is 11.2. The topological polar surface area (TPSA) is 101 Å². The van der Waals surface area contributed by atoms with Crippen molar-refractivity contribution in [3.05, 3.63) is 0 Å². The van der Waals surface area contributed by atoms with E-state index >= 15 is 0 Å². The molecule has 0 aliphatic heterocycles. The fourth-order valence-electron chi connectivity index (χ4n) is 1.30. The number of nitrogens with one attached hydrogen (secondary N) is 1. The van der Waals surface area contributed by atoms with E-state index in [-0.39, 0.29) is 11.8 Å². The first-order chi connectivity index (χ1) is 6.88. The molecule has 2 amide bonds. The van der Waals surface area contributed by atoms with Gasteiger partial charge in [-0.25, -0.2) is 0 Å². The molecule has 0 aromatic heterocycles. The van der Waals surface area contributed by atoms with E-state index < -0.39 is 11.9 Å². The Labute approximate surface area is 90.0 Å². The number of primary amides is 1. The average molecular weight is 216 g/mol. The van der Waals surface area contributed by atoms with Gasteiger partial charge in [0.1, 0.15) is 0 Å². The van der Waals surface area contributed by atoms with Gasteiger partial charge < -0.3 is 21.7 Å². The van der Waals surface area contributed by atoms with Gasteiger partial charge in [-0.1, -0.05) is 6.92 Å². The van der Waals surface area contributed by atoms with Gasteiger partial charge in [0.25, 0.3) is 0 Å². The van der Waals surface area contributed by atoms with Crippen molar-refractivity contribution in [1.29, 1.82) is 0 Å². The molecule has 6 nitrogen and oxygen atoms in total. The van der Waals surface area contributed by atoms with E-state index in [9.17, 15) is 9.59 Å². The molecule has 0 heterocycles. The van der Waals surface area contributed by atoms with Crippen molar-refractivity contribution in [3.63, 3.8) is 0 Å². The van der Waals surface area contributed by atoms with E-state index in [1.807, 2.05) is 11.8 Å². The van der Waals surface area contributed by atoms with Gasteiger partial charge in [-0.05, 0) is 7.05 Å². The third-order valence-electron chi connectivity index (χ3n) is 2.15. The van der Waals surface area contributed by atoms with Crippen LogP contribution in [-0.2, 0) is 9.59 Å². The molecule has 2 atom stereocenters. The van der Waals surface area contributed by atoms with Crippen LogP contribution in [0, 0.1) is 5.92 Å². The average Bonchev–Trinajstić information content (AvgIpc) is 2.15. The van der Waals surface area contributed by atoms with Crippen LogP contribution in [0.3, 0.4) is 0 Å². The Bertz CT molecular complexity index is 232. The molecule has 0 aliphatic carbocycles. The molecule has 6 heteroatoms. The number of hydrogen-bond donors (Lipinski definition) is 3. The number of amides is 2. The second kappa shape index (κ2) is 6.36. The van der Waals surface area contributed by atoms with Gasteiger partial charge in [0.05, 0.1) is 6.04 Å². The molecule has 2 unspecified atom stereocenters. The first-order valence-electron chi connectivity index (χ1n) is 4.83. The molecule has 15 heavy (non-hydrogen) atoms. The number of carbonyl (C=O) groups excluding carboxylic acids is 2. The summed E-state index contributed by atoms with van der Waals surface area (Å²) in [5, 5.41) is 2.56. The summed E-state index contributed by atoms with van der Waals surface area (Å²) in [6, 6.07) is -0.688. The van der Waals surface area contributed by atoms with Gasteiger partial charge in [0, 0.05) is 26.1 Å². The first-order valence-corrected chi connectivity index (χ1v) is 4.83. The summed E-state index contributed by atoms with van der Waals surface area (Å²) in [7, 11) is 3.39. The Kier molecular flexibility index (Phi) is 5.88. The highest BCUT2D eigenvalue weighted by atomic mass is 16.2. The monoisotopic (exact) mass is 216 g/mol. The fraction of sp³-hybridized carbons (Fsp3) is 0.778. The van der Waals surface area contributed by atoms with Crippen LogP contribution in [0.15, 0.2) is 0 Å². The number of rotatable bonds is 6. The van der Waals surface area contributed by atoms with Crippen LogP contribution in [0.25, 0.3) is 0 Å². The second-order valence-corrected chi connectivity index (χ2v) is 3.75. The van der Waals surface area contributed by atoms with E-state index in [0.717, 1.165) is 0 Å². The van der Waals surface area contributed by atoms with Crippen molar-refractivity contribution in [2.75, 3.05) is 27.2 Å². The molecule has 0 fully saturated rings. The summed E-state index contributed by atoms with van der Waals surface area (Å²) in [5.41, 5.74) is 10.5. The summed E-state index contributed by atoms with van der Waals surface area (Å²) in [6.45, 7) is 2.71. The highest BCUT2D eigenvalue weighted by Gasteiger charge is 2.17. The number of carbonyl (C=O) groups is 2. The van der Waals surface area contributed by atoms with Crippen LogP contribution in [-0.4, -0.2) is 49.9 Å². The minimum Gasteiger partial charge on any atom is -0.368 e. The summed E-state index contributed by atoms with van der Waals surface area (Å²) in [5.74, 6) is -0.705. The van der Waals surface area contributed by atoms with E-state index in [1.165, 1.54) is 0 Å². The van der Waals surface area contributed by atoms with Crippen molar-refractivity contribution in [2.24, 2.45) is 17.4 Å². The lowest BCUT2D eigenvalue weighted by atomic mass is 10.1. The molecule has 0 aromatic rings. The lowest BCUT2D eigenvalue weighted by molar-refractivity contribution is -0.124. The van der Waals surface area contributed by atoms with Crippen molar-refractivity contribution in [1.82, 2.24) is 10.2 Å². The van der Waals surface area contributed by atoms with E-state index in [0.29, 0.717) is 13.1 Å². The fourth-order valence-corrected chi connectivity index (χ4v) is 1.30. The Balaban J connectivity index is 3.97. The highest BCUT2D eigenvalue weighted by Crippen LogP contribution is 1.98. The minimum atomic E-state index is -0.688. The van der Waals surface area contributed by atoms with E-state index in [1.54, 1.807) is 14.1 Å². The SMILES string of the molecule is CNC(=O)C(C)CN(C)CC(N)C(N)=O. The summed E-state index contributed by atoms with van der Waals surface area (Å²) in [6.07, 6.45) is 0. The Morgan fingerprint density at radius 3 is 2.33 bits per heavy atom. The van der Waals surface area contributed by atoms with Crippen LogP contribution < -0.4 is 16.8 Å². The van der Waals surface area contributed by atoms with Crippen LogP contribution in [0.1, 0.15) is 6.92 Å². The van der Waals surface area contributed by atoms with Crippen molar-refractivity contribution >= 4 is 11.8 Å². The highest BCUT2D eigenvalue weighted by molar-refractivity contribution is 5.80. The molecule has 0 rings (SSSR count). The second-order valence-electron chi connectivity index (χ2n) is 3.75. The maximum Gasteiger partial charge on any atom is 0.235 e. The zero-order chi connectivity index (χ0) is 12.0. The van der Waals surface area contributed by atoms with E-state index in [2.05, 4.69) is 5.32 Å². The third kappa shape index (κ3) is 5.34. The third-order valence-corrected chi connectivity index (χ3v) is 2.15. The van der Waals surface area contributed by atoms with Gasteiger partial charge in [0.2, 0.25) is 11.8 Å². The molecule has 88 valence electrons. The molecule has 0 radical (unpaired) electrons. The first kappa shape index (κ1) is 13.9. The smallest absolute Gasteiger partial charge is 0.235 e.